The maximum Gasteiger partial charge on any atom is 0.303 e. The first-order valence-electron chi connectivity index (χ1n) is 10.5. The molecule has 2 N–H and O–H groups in total. The molecule has 0 saturated heterocycles. The highest BCUT2D eigenvalue weighted by Crippen LogP contribution is 2.20. The minimum atomic E-state index is -0.713. The van der Waals surface area contributed by atoms with E-state index in [0.717, 1.165) is 75.5 Å². The molecule has 0 bridgehead atoms. The number of aliphatic hydroxyl groups excluding tert-OH is 1. The van der Waals surface area contributed by atoms with Crippen LogP contribution in [0.15, 0.2) is 12.0 Å². The van der Waals surface area contributed by atoms with Crippen LogP contribution in [0.1, 0.15) is 97.8 Å². The van der Waals surface area contributed by atoms with Gasteiger partial charge in [0.15, 0.2) is 0 Å². The van der Waals surface area contributed by atoms with Gasteiger partial charge in [-0.25, -0.2) is 0 Å². The topological polar surface area (TPSA) is 57.5 Å². The molecule has 0 atom stereocenters. The number of carbonyl (C=O) groups is 1. The van der Waals surface area contributed by atoms with Crippen molar-refractivity contribution in [3.05, 3.63) is 12.0 Å². The molecule has 0 aromatic rings. The molecule has 0 rings (SSSR count). The minimum Gasteiger partial charge on any atom is -0.507 e. The Bertz CT molecular complexity index is 358. The summed E-state index contributed by atoms with van der Waals surface area (Å²) in [5.74, 6) is -0.184. The van der Waals surface area contributed by atoms with Crippen LogP contribution in [0.5, 0.6) is 0 Å². The summed E-state index contributed by atoms with van der Waals surface area (Å²) in [7, 11) is 0. The van der Waals surface area contributed by atoms with Crippen molar-refractivity contribution in [3.8, 4) is 0 Å². The molecule has 0 aromatic carbocycles. The summed E-state index contributed by atoms with van der Waals surface area (Å²) in [6, 6.07) is 0. The number of aliphatic carboxylic acids is 1. The summed E-state index contributed by atoms with van der Waals surface area (Å²) in [6.45, 7) is 9.63. The van der Waals surface area contributed by atoms with E-state index < -0.39 is 5.97 Å². The van der Waals surface area contributed by atoms with E-state index in [2.05, 4.69) is 27.0 Å². The summed E-state index contributed by atoms with van der Waals surface area (Å²) in [6.07, 6.45) is 14.0. The van der Waals surface area contributed by atoms with Gasteiger partial charge in [0, 0.05) is 12.8 Å². The maximum absolute atomic E-state index is 10.8. The smallest absolute Gasteiger partial charge is 0.303 e. The largest absolute Gasteiger partial charge is 0.507 e. The quantitative estimate of drug-likeness (QED) is 0.190. The monoisotopic (exact) mass is 356 g/mol. The van der Waals surface area contributed by atoms with Gasteiger partial charge in [0.05, 0.1) is 19.6 Å². The van der Waals surface area contributed by atoms with Crippen LogP contribution < -0.4 is 0 Å². The molecule has 0 heterocycles. The standard InChI is InChI=1S/C21H41NO3/c1-4-7-10-11-14-20(23)19-22(16-8-5-2,17-9-6-3)18-13-12-15-21(24)25/h19H,4-18H2,1-3H3,(H-,23,24,25)/p+1/b20-19-. The lowest BCUT2D eigenvalue weighted by atomic mass is 10.1. The number of hydrogen-bond acceptors (Lipinski definition) is 2. The molecule has 0 fully saturated rings. The van der Waals surface area contributed by atoms with Gasteiger partial charge >= 0.3 is 5.97 Å². The van der Waals surface area contributed by atoms with Gasteiger partial charge in [-0.2, -0.15) is 0 Å². The Hall–Kier alpha value is -1.03. The zero-order valence-electron chi connectivity index (χ0n) is 16.9. The third-order valence-electron chi connectivity index (χ3n) is 4.87. The van der Waals surface area contributed by atoms with Crippen molar-refractivity contribution in [1.29, 1.82) is 0 Å². The van der Waals surface area contributed by atoms with E-state index in [4.69, 9.17) is 5.11 Å². The number of nitrogens with zero attached hydrogens (tertiary/aromatic N) is 1. The third kappa shape index (κ3) is 12.9. The lowest BCUT2D eigenvalue weighted by Gasteiger charge is -2.35. The van der Waals surface area contributed by atoms with Crippen molar-refractivity contribution in [2.24, 2.45) is 0 Å². The van der Waals surface area contributed by atoms with Gasteiger partial charge in [0.2, 0.25) is 0 Å². The number of aliphatic hydroxyl groups is 1. The Balaban J connectivity index is 4.90. The van der Waals surface area contributed by atoms with Crippen LogP contribution >= 0.6 is 0 Å². The minimum absolute atomic E-state index is 0.244. The van der Waals surface area contributed by atoms with Gasteiger partial charge in [0.25, 0.3) is 0 Å². The molecule has 0 unspecified atom stereocenters. The average molecular weight is 357 g/mol. The molecule has 0 aliphatic rings. The maximum atomic E-state index is 10.8. The molecule has 0 amide bonds. The van der Waals surface area contributed by atoms with Crippen LogP contribution in [0.2, 0.25) is 0 Å². The van der Waals surface area contributed by atoms with Crippen molar-refractivity contribution >= 4 is 5.97 Å². The highest BCUT2D eigenvalue weighted by Gasteiger charge is 2.25. The first-order valence-corrected chi connectivity index (χ1v) is 10.5. The number of quaternary nitrogens is 1. The molecule has 0 aromatic heterocycles. The molecule has 0 spiro atoms. The predicted molar refractivity (Wildman–Crippen MR) is 106 cm³/mol. The van der Waals surface area contributed by atoms with Crippen molar-refractivity contribution in [2.45, 2.75) is 97.8 Å². The second-order valence-electron chi connectivity index (χ2n) is 7.38. The summed E-state index contributed by atoms with van der Waals surface area (Å²) in [4.78, 5) is 10.8. The summed E-state index contributed by atoms with van der Waals surface area (Å²) in [5.41, 5.74) is 0. The molecule has 0 aliphatic heterocycles. The van der Waals surface area contributed by atoms with Crippen LogP contribution in [-0.2, 0) is 4.79 Å². The van der Waals surface area contributed by atoms with Gasteiger partial charge in [-0.15, -0.1) is 0 Å². The first-order chi connectivity index (χ1) is 12.0. The number of unbranched alkanes of at least 4 members (excludes halogenated alkanes) is 6. The summed E-state index contributed by atoms with van der Waals surface area (Å²) < 4.78 is 0.820. The number of rotatable bonds is 17. The lowest BCUT2D eigenvalue weighted by Crippen LogP contribution is -2.45. The van der Waals surface area contributed by atoms with E-state index in [9.17, 15) is 9.90 Å². The highest BCUT2D eigenvalue weighted by atomic mass is 16.4. The molecule has 4 heteroatoms. The Morgan fingerprint density at radius 1 is 0.720 bits per heavy atom. The number of hydrogen-bond donors (Lipinski definition) is 2. The second kappa shape index (κ2) is 15.2. The molecular formula is C21H42NO3+. The number of carboxylic acid groups (broad SMARTS) is 1. The van der Waals surface area contributed by atoms with Crippen LogP contribution in [0.4, 0.5) is 0 Å². The van der Waals surface area contributed by atoms with Gasteiger partial charge in [-0.05, 0) is 32.1 Å². The molecular weight excluding hydrogens is 314 g/mol. The highest BCUT2D eigenvalue weighted by molar-refractivity contribution is 5.66. The Labute approximate surface area is 155 Å². The zero-order valence-corrected chi connectivity index (χ0v) is 16.9. The van der Waals surface area contributed by atoms with Crippen LogP contribution in [0, 0.1) is 0 Å². The van der Waals surface area contributed by atoms with Crippen molar-refractivity contribution < 1.29 is 19.5 Å². The van der Waals surface area contributed by atoms with Gasteiger partial charge < -0.3 is 10.2 Å². The van der Waals surface area contributed by atoms with Gasteiger partial charge in [0.1, 0.15) is 12.0 Å². The fourth-order valence-electron chi connectivity index (χ4n) is 3.29. The molecule has 4 nitrogen and oxygen atoms in total. The molecule has 0 aliphatic carbocycles. The predicted octanol–water partition coefficient (Wildman–Crippen LogP) is 6.03. The van der Waals surface area contributed by atoms with Gasteiger partial charge in [-0.1, -0.05) is 52.9 Å². The van der Waals surface area contributed by atoms with Crippen LogP contribution in [0.25, 0.3) is 0 Å². The van der Waals surface area contributed by atoms with E-state index >= 15 is 0 Å². The normalized spacial score (nSPS) is 12.5. The molecule has 25 heavy (non-hydrogen) atoms. The van der Waals surface area contributed by atoms with Crippen molar-refractivity contribution in [2.75, 3.05) is 19.6 Å². The first kappa shape index (κ1) is 24.0. The molecule has 0 saturated carbocycles. The summed E-state index contributed by atoms with van der Waals surface area (Å²) >= 11 is 0. The number of carboxylic acids is 1. The Morgan fingerprint density at radius 3 is 1.76 bits per heavy atom. The van der Waals surface area contributed by atoms with E-state index in [-0.39, 0.29) is 6.42 Å². The lowest BCUT2D eigenvalue weighted by molar-refractivity contribution is -0.881. The second-order valence-corrected chi connectivity index (χ2v) is 7.38. The van der Waals surface area contributed by atoms with E-state index in [0.29, 0.717) is 5.76 Å². The zero-order chi connectivity index (χ0) is 19.0. The van der Waals surface area contributed by atoms with Gasteiger partial charge in [-0.3, -0.25) is 9.28 Å². The molecule has 0 radical (unpaired) electrons. The summed E-state index contributed by atoms with van der Waals surface area (Å²) in [5, 5.41) is 19.3. The molecule has 148 valence electrons. The van der Waals surface area contributed by atoms with Crippen molar-refractivity contribution in [1.82, 2.24) is 0 Å². The van der Waals surface area contributed by atoms with E-state index in [1.54, 1.807) is 0 Å². The fraction of sp³-hybridized carbons (Fsp3) is 0.857. The van der Waals surface area contributed by atoms with Crippen molar-refractivity contribution in [3.63, 3.8) is 0 Å². The van der Waals surface area contributed by atoms with E-state index in [1.807, 2.05) is 0 Å². The van der Waals surface area contributed by atoms with Crippen LogP contribution in [-0.4, -0.2) is 40.3 Å². The number of allylic oxidation sites excluding steroid dienone is 1. The third-order valence-corrected chi connectivity index (χ3v) is 4.87. The SMILES string of the molecule is CCCCCC/C(O)=C/[N+](CCCC)(CCCC)CCCCC(=O)O. The Kier molecular flexibility index (Phi) is 14.6. The Morgan fingerprint density at radius 2 is 1.24 bits per heavy atom. The van der Waals surface area contributed by atoms with Crippen LogP contribution in [0.3, 0.4) is 0 Å². The fourth-order valence-corrected chi connectivity index (χ4v) is 3.29. The van der Waals surface area contributed by atoms with E-state index in [1.165, 1.54) is 19.3 Å². The average Bonchev–Trinajstić information content (AvgIpc) is 2.58.